The summed E-state index contributed by atoms with van der Waals surface area (Å²) in [4.78, 5) is 40.8. The van der Waals surface area contributed by atoms with Gasteiger partial charge in [-0.05, 0) is 29.2 Å². The third-order valence-corrected chi connectivity index (χ3v) is 7.42. The Morgan fingerprint density at radius 1 is 1.03 bits per heavy atom. The number of amides is 2. The number of carboxylic acids is 1. The van der Waals surface area contributed by atoms with Crippen molar-refractivity contribution in [2.24, 2.45) is 11.8 Å². The highest BCUT2D eigenvalue weighted by Crippen LogP contribution is 2.50. The molecule has 7 heteroatoms. The summed E-state index contributed by atoms with van der Waals surface area (Å²) in [6.07, 6.45) is 4.48. The van der Waals surface area contributed by atoms with Crippen molar-refractivity contribution in [3.8, 4) is 0 Å². The highest BCUT2D eigenvalue weighted by Gasteiger charge is 2.69. The first-order valence-corrected chi connectivity index (χ1v) is 11.0. The van der Waals surface area contributed by atoms with Gasteiger partial charge in [-0.15, -0.1) is 0 Å². The van der Waals surface area contributed by atoms with Crippen LogP contribution in [0.4, 0.5) is 0 Å². The topological polar surface area (TPSA) is 107 Å². The second kappa shape index (κ2) is 7.43. The first-order chi connectivity index (χ1) is 15.0. The Kier molecular flexibility index (Phi) is 4.83. The van der Waals surface area contributed by atoms with E-state index in [1.54, 1.807) is 0 Å². The summed E-state index contributed by atoms with van der Waals surface area (Å²) >= 11 is 0. The standard InChI is InChI=1S/C24H26N2O5/c27-13-24(23(30)31)19-18(21(28)26(22(19)29)15-9-2-1-3-10-15)20(25-24)17-12-6-8-14-7-4-5-11-16(14)17/h4-8,11-12,15,18-20,25,27H,1-3,9-10,13H2,(H,30,31). The van der Waals surface area contributed by atoms with Crippen LogP contribution in [0.5, 0.6) is 0 Å². The Balaban J connectivity index is 1.65. The van der Waals surface area contributed by atoms with Crippen LogP contribution in [0.15, 0.2) is 42.5 Å². The number of aliphatic hydroxyl groups is 1. The third kappa shape index (κ3) is 2.83. The lowest BCUT2D eigenvalue weighted by Gasteiger charge is -2.33. The molecule has 1 aliphatic carbocycles. The molecular weight excluding hydrogens is 396 g/mol. The number of fused-ring (bicyclic) bond motifs is 2. The molecule has 0 bridgehead atoms. The molecule has 4 atom stereocenters. The molecule has 162 valence electrons. The lowest BCUT2D eigenvalue weighted by molar-refractivity contribution is -0.154. The maximum absolute atomic E-state index is 13.6. The predicted octanol–water partition coefficient (Wildman–Crippen LogP) is 2.23. The highest BCUT2D eigenvalue weighted by atomic mass is 16.4. The van der Waals surface area contributed by atoms with Gasteiger partial charge < -0.3 is 10.2 Å². The normalized spacial score (nSPS) is 31.4. The van der Waals surface area contributed by atoms with Crippen molar-refractivity contribution >= 4 is 28.6 Å². The summed E-state index contributed by atoms with van der Waals surface area (Å²) in [6.45, 7) is -0.762. The van der Waals surface area contributed by atoms with Gasteiger partial charge in [-0.25, -0.2) is 0 Å². The number of hydrogen-bond acceptors (Lipinski definition) is 5. The Hall–Kier alpha value is -2.77. The molecule has 5 rings (SSSR count). The van der Waals surface area contributed by atoms with E-state index >= 15 is 0 Å². The molecule has 2 aromatic rings. The molecule has 0 aromatic heterocycles. The van der Waals surface area contributed by atoms with Gasteiger partial charge in [-0.3, -0.25) is 24.6 Å². The van der Waals surface area contributed by atoms with Crippen molar-refractivity contribution in [2.75, 3.05) is 6.61 Å². The SMILES string of the molecule is O=C1C2C(c3cccc4ccccc34)NC(CO)(C(=O)O)C2C(=O)N1C1CCCCC1. The van der Waals surface area contributed by atoms with Crippen LogP contribution >= 0.6 is 0 Å². The maximum Gasteiger partial charge on any atom is 0.327 e. The second-order valence-corrected chi connectivity index (χ2v) is 8.97. The fourth-order valence-electron chi connectivity index (χ4n) is 5.92. The molecule has 2 aromatic carbocycles. The molecule has 31 heavy (non-hydrogen) atoms. The average molecular weight is 422 g/mol. The number of carbonyl (C=O) groups excluding carboxylic acids is 2. The Morgan fingerprint density at radius 2 is 1.74 bits per heavy atom. The second-order valence-electron chi connectivity index (χ2n) is 8.97. The van der Waals surface area contributed by atoms with E-state index in [9.17, 15) is 24.6 Å². The van der Waals surface area contributed by atoms with Gasteiger partial charge in [0.2, 0.25) is 11.8 Å². The number of aliphatic carboxylic acids is 1. The molecule has 0 radical (unpaired) electrons. The number of aliphatic hydroxyl groups excluding tert-OH is 1. The van der Waals surface area contributed by atoms with Gasteiger partial charge in [0, 0.05) is 12.1 Å². The quantitative estimate of drug-likeness (QED) is 0.653. The number of nitrogens with zero attached hydrogens (tertiary/aromatic N) is 1. The van der Waals surface area contributed by atoms with E-state index in [1.807, 2.05) is 42.5 Å². The molecule has 2 aliphatic heterocycles. The van der Waals surface area contributed by atoms with Gasteiger partial charge in [-0.2, -0.15) is 0 Å². The fraction of sp³-hybridized carbons (Fsp3) is 0.458. The molecule has 0 spiro atoms. The lowest BCUT2D eigenvalue weighted by Crippen LogP contribution is -2.59. The first kappa shape index (κ1) is 20.2. The summed E-state index contributed by atoms with van der Waals surface area (Å²) in [5.41, 5.74) is -1.11. The molecule has 1 saturated carbocycles. The summed E-state index contributed by atoms with van der Waals surface area (Å²) in [5, 5.41) is 25.2. The number of benzene rings is 2. The minimum Gasteiger partial charge on any atom is -0.480 e. The van der Waals surface area contributed by atoms with E-state index in [1.165, 1.54) is 4.90 Å². The van der Waals surface area contributed by atoms with Crippen LogP contribution in [0, 0.1) is 11.8 Å². The summed E-state index contributed by atoms with van der Waals surface area (Å²) in [7, 11) is 0. The minimum atomic E-state index is -1.89. The fourth-order valence-corrected chi connectivity index (χ4v) is 5.92. The number of rotatable bonds is 4. The Bertz CT molecular complexity index is 1060. The van der Waals surface area contributed by atoms with Crippen molar-refractivity contribution in [1.82, 2.24) is 10.2 Å². The highest BCUT2D eigenvalue weighted by molar-refractivity contribution is 6.10. The number of likely N-dealkylation sites (tertiary alicyclic amines) is 1. The molecule has 4 unspecified atom stereocenters. The van der Waals surface area contributed by atoms with Gasteiger partial charge in [0.1, 0.15) is 0 Å². The van der Waals surface area contributed by atoms with Crippen LogP contribution in [0.1, 0.15) is 43.7 Å². The van der Waals surface area contributed by atoms with E-state index in [-0.39, 0.29) is 11.9 Å². The predicted molar refractivity (Wildman–Crippen MR) is 113 cm³/mol. The molecule has 2 saturated heterocycles. The van der Waals surface area contributed by atoms with E-state index in [2.05, 4.69) is 5.32 Å². The van der Waals surface area contributed by atoms with Crippen molar-refractivity contribution in [1.29, 1.82) is 0 Å². The number of carboxylic acid groups (broad SMARTS) is 1. The smallest absolute Gasteiger partial charge is 0.327 e. The minimum absolute atomic E-state index is 0.183. The van der Waals surface area contributed by atoms with Crippen LogP contribution in [-0.2, 0) is 14.4 Å². The molecule has 2 heterocycles. The Morgan fingerprint density at radius 3 is 2.45 bits per heavy atom. The monoisotopic (exact) mass is 422 g/mol. The molecule has 2 amide bonds. The molecule has 3 aliphatic rings. The maximum atomic E-state index is 13.6. The summed E-state index contributed by atoms with van der Waals surface area (Å²) in [6, 6.07) is 12.5. The summed E-state index contributed by atoms with van der Waals surface area (Å²) < 4.78 is 0. The van der Waals surface area contributed by atoms with Gasteiger partial charge in [0.15, 0.2) is 5.54 Å². The number of carbonyl (C=O) groups is 3. The molecule has 3 fully saturated rings. The van der Waals surface area contributed by atoms with E-state index in [0.29, 0.717) is 0 Å². The van der Waals surface area contributed by atoms with Crippen LogP contribution < -0.4 is 5.32 Å². The van der Waals surface area contributed by atoms with Crippen molar-refractivity contribution in [2.45, 2.75) is 49.7 Å². The van der Waals surface area contributed by atoms with E-state index < -0.39 is 41.9 Å². The molecular formula is C24H26N2O5. The molecule has 7 nitrogen and oxygen atoms in total. The molecule has 3 N–H and O–H groups in total. The average Bonchev–Trinajstić information content (AvgIpc) is 3.28. The first-order valence-electron chi connectivity index (χ1n) is 11.0. The zero-order chi connectivity index (χ0) is 21.8. The summed E-state index contributed by atoms with van der Waals surface area (Å²) in [5.74, 6) is -4.08. The Labute approximate surface area is 180 Å². The number of imide groups is 1. The van der Waals surface area contributed by atoms with Crippen molar-refractivity contribution in [3.05, 3.63) is 48.0 Å². The van der Waals surface area contributed by atoms with Crippen LogP contribution in [0.2, 0.25) is 0 Å². The number of hydrogen-bond donors (Lipinski definition) is 3. The zero-order valence-electron chi connectivity index (χ0n) is 17.2. The van der Waals surface area contributed by atoms with Gasteiger partial charge in [0.05, 0.1) is 18.4 Å². The number of nitrogens with one attached hydrogen (secondary N) is 1. The third-order valence-electron chi connectivity index (χ3n) is 7.42. The van der Waals surface area contributed by atoms with E-state index in [0.717, 1.165) is 48.4 Å². The van der Waals surface area contributed by atoms with Gasteiger partial charge >= 0.3 is 5.97 Å². The van der Waals surface area contributed by atoms with Crippen LogP contribution in [0.25, 0.3) is 10.8 Å². The van der Waals surface area contributed by atoms with Crippen LogP contribution in [-0.4, -0.2) is 51.1 Å². The van der Waals surface area contributed by atoms with Crippen molar-refractivity contribution < 1.29 is 24.6 Å². The van der Waals surface area contributed by atoms with Crippen molar-refractivity contribution in [3.63, 3.8) is 0 Å². The largest absolute Gasteiger partial charge is 0.480 e. The van der Waals surface area contributed by atoms with Crippen LogP contribution in [0.3, 0.4) is 0 Å². The van der Waals surface area contributed by atoms with Gasteiger partial charge in [-0.1, -0.05) is 61.7 Å². The van der Waals surface area contributed by atoms with E-state index in [4.69, 9.17) is 0 Å². The van der Waals surface area contributed by atoms with Gasteiger partial charge in [0.25, 0.3) is 0 Å². The zero-order valence-corrected chi connectivity index (χ0v) is 17.2. The lowest BCUT2D eigenvalue weighted by atomic mass is 9.79.